The number of rotatable bonds is 5. The summed E-state index contributed by atoms with van der Waals surface area (Å²) in [5, 5.41) is 4.59. The number of aryl methyl sites for hydroxylation is 1. The number of para-hydroxylation sites is 1. The highest BCUT2D eigenvalue weighted by Crippen LogP contribution is 2.25. The summed E-state index contributed by atoms with van der Waals surface area (Å²) in [5.41, 5.74) is 0.722. The van der Waals surface area contributed by atoms with E-state index in [0.717, 1.165) is 17.7 Å². The lowest BCUT2D eigenvalue weighted by Crippen LogP contribution is -2.22. The fourth-order valence-corrected chi connectivity index (χ4v) is 2.06. The van der Waals surface area contributed by atoms with Crippen LogP contribution in [0.3, 0.4) is 0 Å². The summed E-state index contributed by atoms with van der Waals surface area (Å²) in [7, 11) is 1.45. The fourth-order valence-electron chi connectivity index (χ4n) is 2.06. The summed E-state index contributed by atoms with van der Waals surface area (Å²) in [6, 6.07) is 8.37. The largest absolute Gasteiger partial charge is 0.495 e. The number of anilines is 2. The SMILES string of the molecule is COc1ccc(C)cc1NC(=O)CC(=O)Nc1c(F)cccc1F. The van der Waals surface area contributed by atoms with Gasteiger partial charge in [-0.25, -0.2) is 8.78 Å². The quantitative estimate of drug-likeness (QED) is 0.825. The Labute approximate surface area is 137 Å². The number of carbonyl (C=O) groups excluding carboxylic acids is 2. The van der Waals surface area contributed by atoms with Crippen LogP contribution in [0.2, 0.25) is 0 Å². The summed E-state index contributed by atoms with van der Waals surface area (Å²) in [6.45, 7) is 1.84. The lowest BCUT2D eigenvalue weighted by molar-refractivity contribution is -0.123. The normalized spacial score (nSPS) is 10.2. The number of carbonyl (C=O) groups is 2. The second kappa shape index (κ2) is 7.54. The molecule has 2 aromatic rings. The van der Waals surface area contributed by atoms with Crippen molar-refractivity contribution in [1.29, 1.82) is 0 Å². The molecule has 126 valence electrons. The van der Waals surface area contributed by atoms with Gasteiger partial charge in [-0.3, -0.25) is 9.59 Å². The molecule has 0 saturated carbocycles. The molecule has 0 heterocycles. The van der Waals surface area contributed by atoms with Gasteiger partial charge >= 0.3 is 0 Å². The number of methoxy groups -OCH3 is 1. The maximum atomic E-state index is 13.5. The minimum absolute atomic E-state index is 0.410. The van der Waals surface area contributed by atoms with Gasteiger partial charge in [-0.05, 0) is 36.8 Å². The van der Waals surface area contributed by atoms with Gasteiger partial charge in [0.2, 0.25) is 11.8 Å². The standard InChI is InChI=1S/C17H16F2N2O3/c1-10-6-7-14(24-2)13(8-10)20-15(22)9-16(23)21-17-11(18)4-3-5-12(17)19/h3-8H,9H2,1-2H3,(H,20,22)(H,21,23). The van der Waals surface area contributed by atoms with Crippen molar-refractivity contribution in [2.24, 2.45) is 0 Å². The maximum absolute atomic E-state index is 13.5. The van der Waals surface area contributed by atoms with E-state index in [9.17, 15) is 18.4 Å². The molecule has 0 aliphatic heterocycles. The van der Waals surface area contributed by atoms with Crippen molar-refractivity contribution in [3.05, 3.63) is 53.6 Å². The molecule has 2 rings (SSSR count). The summed E-state index contributed by atoms with van der Waals surface area (Å²) >= 11 is 0. The Kier molecular flexibility index (Phi) is 5.47. The molecule has 7 heteroatoms. The van der Waals surface area contributed by atoms with Crippen molar-refractivity contribution in [3.8, 4) is 5.75 Å². The lowest BCUT2D eigenvalue weighted by Gasteiger charge is -2.11. The third-order valence-corrected chi connectivity index (χ3v) is 3.18. The van der Waals surface area contributed by atoms with Crippen LogP contribution in [0.25, 0.3) is 0 Å². The molecular weight excluding hydrogens is 318 g/mol. The Hall–Kier alpha value is -2.96. The highest BCUT2D eigenvalue weighted by Gasteiger charge is 2.16. The number of hydrogen-bond acceptors (Lipinski definition) is 3. The Balaban J connectivity index is 2.02. The molecule has 0 fully saturated rings. The molecule has 0 aliphatic rings. The van der Waals surface area contributed by atoms with Gasteiger partial charge in [-0.2, -0.15) is 0 Å². The first-order valence-corrected chi connectivity index (χ1v) is 7.09. The zero-order valence-corrected chi connectivity index (χ0v) is 13.2. The minimum atomic E-state index is -0.913. The van der Waals surface area contributed by atoms with E-state index in [1.54, 1.807) is 12.1 Å². The summed E-state index contributed by atoms with van der Waals surface area (Å²) in [4.78, 5) is 23.7. The van der Waals surface area contributed by atoms with Crippen molar-refractivity contribution >= 4 is 23.2 Å². The van der Waals surface area contributed by atoms with Crippen LogP contribution in [-0.2, 0) is 9.59 Å². The first-order valence-electron chi connectivity index (χ1n) is 7.09. The monoisotopic (exact) mass is 334 g/mol. The third-order valence-electron chi connectivity index (χ3n) is 3.18. The van der Waals surface area contributed by atoms with Crippen LogP contribution in [-0.4, -0.2) is 18.9 Å². The molecule has 2 amide bonds. The van der Waals surface area contributed by atoms with E-state index in [1.807, 2.05) is 13.0 Å². The van der Waals surface area contributed by atoms with Gasteiger partial charge in [-0.15, -0.1) is 0 Å². The van der Waals surface area contributed by atoms with Crippen molar-refractivity contribution in [1.82, 2.24) is 0 Å². The van der Waals surface area contributed by atoms with Gasteiger partial charge in [0, 0.05) is 0 Å². The fraction of sp³-hybridized carbons (Fsp3) is 0.176. The molecule has 0 atom stereocenters. The van der Waals surface area contributed by atoms with Crippen LogP contribution in [0.4, 0.5) is 20.2 Å². The molecule has 24 heavy (non-hydrogen) atoms. The Morgan fingerprint density at radius 3 is 2.29 bits per heavy atom. The Bertz CT molecular complexity index is 758. The minimum Gasteiger partial charge on any atom is -0.495 e. The summed E-state index contributed by atoms with van der Waals surface area (Å²) in [6.07, 6.45) is -0.592. The van der Waals surface area contributed by atoms with Crippen molar-refractivity contribution < 1.29 is 23.1 Å². The third kappa shape index (κ3) is 4.28. The van der Waals surface area contributed by atoms with Gasteiger partial charge in [0.05, 0.1) is 12.8 Å². The zero-order chi connectivity index (χ0) is 17.7. The van der Waals surface area contributed by atoms with Crippen LogP contribution in [0.5, 0.6) is 5.75 Å². The second-order valence-corrected chi connectivity index (χ2v) is 5.07. The van der Waals surface area contributed by atoms with Crippen molar-refractivity contribution in [2.75, 3.05) is 17.7 Å². The Morgan fingerprint density at radius 1 is 1.04 bits per heavy atom. The lowest BCUT2D eigenvalue weighted by atomic mass is 10.2. The van der Waals surface area contributed by atoms with Crippen LogP contribution in [0, 0.1) is 18.6 Å². The van der Waals surface area contributed by atoms with E-state index in [-0.39, 0.29) is 0 Å². The zero-order valence-electron chi connectivity index (χ0n) is 13.2. The summed E-state index contributed by atoms with van der Waals surface area (Å²) < 4.78 is 32.1. The van der Waals surface area contributed by atoms with Crippen LogP contribution in [0.1, 0.15) is 12.0 Å². The molecular formula is C17H16F2N2O3. The number of hydrogen-bond donors (Lipinski definition) is 2. The molecule has 0 radical (unpaired) electrons. The summed E-state index contributed by atoms with van der Waals surface area (Å²) in [5.74, 6) is -2.85. The van der Waals surface area contributed by atoms with E-state index in [0.29, 0.717) is 11.4 Å². The smallest absolute Gasteiger partial charge is 0.233 e. The molecule has 0 spiro atoms. The number of amides is 2. The number of ether oxygens (including phenoxy) is 1. The first kappa shape index (κ1) is 17.4. The average molecular weight is 334 g/mol. The predicted octanol–water partition coefficient (Wildman–Crippen LogP) is 3.25. The van der Waals surface area contributed by atoms with E-state index in [2.05, 4.69) is 10.6 Å². The van der Waals surface area contributed by atoms with E-state index >= 15 is 0 Å². The molecule has 0 aliphatic carbocycles. The maximum Gasteiger partial charge on any atom is 0.233 e. The van der Waals surface area contributed by atoms with Gasteiger partial charge in [0.25, 0.3) is 0 Å². The van der Waals surface area contributed by atoms with Crippen molar-refractivity contribution in [3.63, 3.8) is 0 Å². The van der Waals surface area contributed by atoms with Gasteiger partial charge < -0.3 is 15.4 Å². The second-order valence-electron chi connectivity index (χ2n) is 5.07. The van der Waals surface area contributed by atoms with Crippen LogP contribution in [0.15, 0.2) is 36.4 Å². The Morgan fingerprint density at radius 2 is 1.67 bits per heavy atom. The van der Waals surface area contributed by atoms with E-state index in [4.69, 9.17) is 4.74 Å². The first-order chi connectivity index (χ1) is 11.4. The molecule has 2 aromatic carbocycles. The molecule has 0 saturated heterocycles. The molecule has 0 bridgehead atoms. The van der Waals surface area contributed by atoms with Gasteiger partial charge in [0.1, 0.15) is 29.5 Å². The number of benzene rings is 2. The highest BCUT2D eigenvalue weighted by atomic mass is 19.1. The molecule has 0 aromatic heterocycles. The van der Waals surface area contributed by atoms with Crippen LogP contribution < -0.4 is 15.4 Å². The van der Waals surface area contributed by atoms with Crippen molar-refractivity contribution in [2.45, 2.75) is 13.3 Å². The highest BCUT2D eigenvalue weighted by molar-refractivity contribution is 6.08. The topological polar surface area (TPSA) is 67.4 Å². The van der Waals surface area contributed by atoms with Gasteiger partial charge in [-0.1, -0.05) is 12.1 Å². The molecule has 0 unspecified atom stereocenters. The number of halogens is 2. The molecule has 5 nitrogen and oxygen atoms in total. The van der Waals surface area contributed by atoms with Gasteiger partial charge in [0.15, 0.2) is 0 Å². The van der Waals surface area contributed by atoms with Crippen LogP contribution >= 0.6 is 0 Å². The van der Waals surface area contributed by atoms with E-state index in [1.165, 1.54) is 13.2 Å². The number of nitrogens with one attached hydrogen (secondary N) is 2. The molecule has 2 N–H and O–H groups in total. The predicted molar refractivity (Wildman–Crippen MR) is 86.0 cm³/mol. The average Bonchev–Trinajstić information content (AvgIpc) is 2.51. The van der Waals surface area contributed by atoms with E-state index < -0.39 is 35.6 Å².